The van der Waals surface area contributed by atoms with Crippen molar-refractivity contribution in [3.8, 4) is 0 Å². The molecule has 2 aromatic rings. The summed E-state index contributed by atoms with van der Waals surface area (Å²) < 4.78 is 5.34. The van der Waals surface area contributed by atoms with Crippen LogP contribution in [-0.2, 0) is 20.9 Å². The van der Waals surface area contributed by atoms with E-state index in [1.54, 1.807) is 18.9 Å². The van der Waals surface area contributed by atoms with Gasteiger partial charge in [0, 0.05) is 24.1 Å². The number of aliphatic hydroxyl groups excluding tert-OH is 1. The summed E-state index contributed by atoms with van der Waals surface area (Å²) in [6.07, 6.45) is 2.24. The Morgan fingerprint density at radius 3 is 2.43 bits per heavy atom. The predicted molar refractivity (Wildman–Crippen MR) is 120 cm³/mol. The summed E-state index contributed by atoms with van der Waals surface area (Å²) >= 11 is 1.61. The molecule has 0 aromatic heterocycles. The lowest BCUT2D eigenvalue weighted by Crippen LogP contribution is -2.31. The van der Waals surface area contributed by atoms with Crippen molar-refractivity contribution in [3.05, 3.63) is 71.0 Å². The van der Waals surface area contributed by atoms with Crippen molar-refractivity contribution in [1.29, 1.82) is 0 Å². The number of nitrogens with zero attached hydrogens (tertiary/aromatic N) is 1. The second-order valence-electron chi connectivity index (χ2n) is 7.69. The number of hydrogen-bond acceptors (Lipinski definition) is 5. The topological polar surface area (TPSA) is 66.8 Å². The number of carbonyl (C=O) groups excluding carboxylic acids is 2. The van der Waals surface area contributed by atoms with E-state index >= 15 is 0 Å². The summed E-state index contributed by atoms with van der Waals surface area (Å²) in [5, 5.41) is 10.8. The van der Waals surface area contributed by atoms with Crippen molar-refractivity contribution in [2.24, 2.45) is 5.92 Å². The monoisotopic (exact) mass is 425 g/mol. The van der Waals surface area contributed by atoms with Crippen LogP contribution in [0.5, 0.6) is 0 Å². The number of Topliss-reactive ketones (excluding diaryl/α,β-unsaturated/α-hetero) is 1. The molecule has 1 aliphatic heterocycles. The first-order valence-electron chi connectivity index (χ1n) is 9.89. The summed E-state index contributed by atoms with van der Waals surface area (Å²) in [5.74, 6) is -1.13. The minimum atomic E-state index is -0.699. The van der Waals surface area contributed by atoms with Crippen molar-refractivity contribution in [2.75, 3.05) is 18.3 Å². The zero-order valence-corrected chi connectivity index (χ0v) is 18.5. The third-order valence-corrected chi connectivity index (χ3v) is 5.85. The number of ether oxygens (including phenoxy) is 1. The van der Waals surface area contributed by atoms with E-state index in [4.69, 9.17) is 4.74 Å². The number of thioether (sulfide) groups is 1. The lowest BCUT2D eigenvalue weighted by Gasteiger charge is -2.28. The molecule has 1 aliphatic rings. The van der Waals surface area contributed by atoms with Crippen LogP contribution in [0.1, 0.15) is 37.4 Å². The van der Waals surface area contributed by atoms with Crippen LogP contribution in [0, 0.1) is 5.92 Å². The first-order chi connectivity index (χ1) is 14.4. The minimum absolute atomic E-state index is 0.109. The first kappa shape index (κ1) is 22.1. The molecule has 0 spiro atoms. The highest BCUT2D eigenvalue weighted by atomic mass is 32.2. The van der Waals surface area contributed by atoms with Crippen molar-refractivity contribution in [3.63, 3.8) is 0 Å². The fourth-order valence-electron chi connectivity index (χ4n) is 3.76. The van der Waals surface area contributed by atoms with Crippen LogP contribution in [-0.4, -0.2) is 30.2 Å². The molecule has 1 amide bonds. The summed E-state index contributed by atoms with van der Waals surface area (Å²) in [7, 11) is 1.60. The van der Waals surface area contributed by atoms with Crippen LogP contribution in [0.15, 0.2) is 64.8 Å². The summed E-state index contributed by atoms with van der Waals surface area (Å²) in [6.45, 7) is 4.23. The van der Waals surface area contributed by atoms with E-state index in [0.717, 1.165) is 16.0 Å². The van der Waals surface area contributed by atoms with Crippen molar-refractivity contribution in [1.82, 2.24) is 0 Å². The van der Waals surface area contributed by atoms with Crippen molar-refractivity contribution < 1.29 is 19.4 Å². The van der Waals surface area contributed by atoms with E-state index in [1.165, 1.54) is 4.90 Å². The number of ketones is 1. The fraction of sp³-hybridized carbons (Fsp3) is 0.333. The smallest absolute Gasteiger partial charge is 0.294 e. The maximum absolute atomic E-state index is 13.1. The van der Waals surface area contributed by atoms with E-state index in [1.807, 2.05) is 68.6 Å². The van der Waals surface area contributed by atoms with Gasteiger partial charge in [0.25, 0.3) is 5.91 Å². The highest BCUT2D eigenvalue weighted by Gasteiger charge is 2.44. The molecule has 3 rings (SSSR count). The van der Waals surface area contributed by atoms with Gasteiger partial charge in [0.15, 0.2) is 11.5 Å². The van der Waals surface area contributed by atoms with Gasteiger partial charge in [-0.2, -0.15) is 0 Å². The normalized spacial score (nSPS) is 16.6. The van der Waals surface area contributed by atoms with E-state index < -0.39 is 17.7 Å². The average Bonchev–Trinajstić information content (AvgIpc) is 2.99. The molecule has 6 heteroatoms. The van der Waals surface area contributed by atoms with Crippen molar-refractivity contribution >= 4 is 29.1 Å². The van der Waals surface area contributed by atoms with Gasteiger partial charge < -0.3 is 9.84 Å². The summed E-state index contributed by atoms with van der Waals surface area (Å²) in [4.78, 5) is 28.8. The maximum Gasteiger partial charge on any atom is 0.294 e. The van der Waals surface area contributed by atoms with E-state index in [0.29, 0.717) is 12.3 Å². The Balaban J connectivity index is 2.17. The van der Waals surface area contributed by atoms with Crippen LogP contribution in [0.4, 0.5) is 5.69 Å². The molecule has 1 heterocycles. The molecule has 0 saturated carbocycles. The quantitative estimate of drug-likeness (QED) is 0.598. The molecule has 158 valence electrons. The summed E-state index contributed by atoms with van der Waals surface area (Å²) in [6, 6.07) is 14.4. The Morgan fingerprint density at radius 2 is 1.83 bits per heavy atom. The van der Waals surface area contributed by atoms with Crippen LogP contribution < -0.4 is 4.90 Å². The molecule has 0 radical (unpaired) electrons. The molecule has 1 atom stereocenters. The maximum atomic E-state index is 13.1. The second kappa shape index (κ2) is 9.49. The van der Waals surface area contributed by atoms with Crippen molar-refractivity contribution in [2.45, 2.75) is 37.8 Å². The predicted octanol–water partition coefficient (Wildman–Crippen LogP) is 5.07. The Morgan fingerprint density at radius 1 is 1.17 bits per heavy atom. The number of benzene rings is 2. The standard InChI is InChI=1S/C24H27NO4S/c1-15(2)13-20(26)21-22(19-8-6-5-7-16(19)14-29-3)25(24(28)23(21)27)17-9-11-18(30-4)12-10-17/h5-12,15,22,27H,13-14H2,1-4H3. The number of amides is 1. The molecule has 2 aromatic carbocycles. The highest BCUT2D eigenvalue weighted by molar-refractivity contribution is 7.98. The molecule has 30 heavy (non-hydrogen) atoms. The average molecular weight is 426 g/mol. The largest absolute Gasteiger partial charge is 0.503 e. The number of carbonyl (C=O) groups is 2. The van der Waals surface area contributed by atoms with Gasteiger partial charge in [-0.15, -0.1) is 11.8 Å². The van der Waals surface area contributed by atoms with E-state index in [2.05, 4.69) is 0 Å². The molecule has 0 saturated heterocycles. The molecule has 0 bridgehead atoms. The Hall–Kier alpha value is -2.57. The van der Waals surface area contributed by atoms with Gasteiger partial charge in [-0.05, 0) is 47.6 Å². The zero-order valence-electron chi connectivity index (χ0n) is 17.7. The van der Waals surface area contributed by atoms with Gasteiger partial charge in [-0.3, -0.25) is 14.5 Å². The number of aliphatic hydroxyl groups is 1. The molecular formula is C24H27NO4S. The number of rotatable bonds is 8. The Bertz CT molecular complexity index is 965. The van der Waals surface area contributed by atoms with Gasteiger partial charge in [-0.1, -0.05) is 38.1 Å². The Labute approximate surface area is 181 Å². The highest BCUT2D eigenvalue weighted by Crippen LogP contribution is 2.43. The van der Waals surface area contributed by atoms with Gasteiger partial charge in [0.05, 0.1) is 18.2 Å². The molecule has 1 N–H and O–H groups in total. The van der Waals surface area contributed by atoms with E-state index in [9.17, 15) is 14.7 Å². The number of methoxy groups -OCH3 is 1. The first-order valence-corrected chi connectivity index (χ1v) is 11.1. The van der Waals surface area contributed by atoms with Crippen LogP contribution in [0.3, 0.4) is 0 Å². The van der Waals surface area contributed by atoms with E-state index in [-0.39, 0.29) is 23.7 Å². The van der Waals surface area contributed by atoms with Crippen LogP contribution in [0.2, 0.25) is 0 Å². The van der Waals surface area contributed by atoms with Crippen LogP contribution >= 0.6 is 11.8 Å². The number of hydrogen-bond donors (Lipinski definition) is 1. The molecular weight excluding hydrogens is 398 g/mol. The summed E-state index contributed by atoms with van der Waals surface area (Å²) in [5.41, 5.74) is 2.44. The van der Waals surface area contributed by atoms with Gasteiger partial charge in [0.2, 0.25) is 0 Å². The van der Waals surface area contributed by atoms with Crippen LogP contribution in [0.25, 0.3) is 0 Å². The third-order valence-electron chi connectivity index (χ3n) is 5.10. The lowest BCUT2D eigenvalue weighted by atomic mass is 9.89. The third kappa shape index (κ3) is 4.30. The Kier molecular flexibility index (Phi) is 7.00. The second-order valence-corrected chi connectivity index (χ2v) is 8.57. The van der Waals surface area contributed by atoms with Gasteiger partial charge in [-0.25, -0.2) is 0 Å². The molecule has 0 aliphatic carbocycles. The molecule has 5 nitrogen and oxygen atoms in total. The number of anilines is 1. The fourth-order valence-corrected chi connectivity index (χ4v) is 4.17. The van der Waals surface area contributed by atoms with Gasteiger partial charge >= 0.3 is 0 Å². The minimum Gasteiger partial charge on any atom is -0.503 e. The zero-order chi connectivity index (χ0) is 21.8. The molecule has 1 unspecified atom stereocenters. The SMILES string of the molecule is COCc1ccccc1C1C(C(=O)CC(C)C)=C(O)C(=O)N1c1ccc(SC)cc1. The van der Waals surface area contributed by atoms with Gasteiger partial charge in [0.1, 0.15) is 0 Å². The lowest BCUT2D eigenvalue weighted by molar-refractivity contribution is -0.118. The molecule has 0 fully saturated rings.